The lowest BCUT2D eigenvalue weighted by Crippen LogP contribution is -2.29. The van der Waals surface area contributed by atoms with Crippen LogP contribution in [0, 0.1) is 6.92 Å². The van der Waals surface area contributed by atoms with Crippen molar-refractivity contribution in [2.75, 3.05) is 17.7 Å². The fourth-order valence-corrected chi connectivity index (χ4v) is 4.45. The van der Waals surface area contributed by atoms with Crippen LogP contribution in [-0.4, -0.2) is 33.1 Å². The first-order valence-electron chi connectivity index (χ1n) is 11.5. The van der Waals surface area contributed by atoms with E-state index in [-0.39, 0.29) is 5.97 Å². The average Bonchev–Trinajstić information content (AvgIpc) is 3.24. The number of nitrogens with zero attached hydrogens (tertiary/aromatic N) is 3. The molecule has 0 aliphatic carbocycles. The van der Waals surface area contributed by atoms with E-state index in [0.29, 0.717) is 29.9 Å². The third-order valence-corrected chi connectivity index (χ3v) is 6.53. The Balaban J connectivity index is 1.61. The second-order valence-electron chi connectivity index (χ2n) is 8.14. The molecule has 7 nitrogen and oxygen atoms in total. The minimum atomic E-state index is -0.440. The van der Waals surface area contributed by atoms with E-state index in [1.807, 2.05) is 31.2 Å². The second-order valence-corrected chi connectivity index (χ2v) is 9.20. The van der Waals surface area contributed by atoms with Crippen LogP contribution in [0.3, 0.4) is 0 Å². The van der Waals surface area contributed by atoms with Gasteiger partial charge in [-0.15, -0.1) is 5.10 Å². The minimum absolute atomic E-state index is 0.302. The van der Waals surface area contributed by atoms with Crippen LogP contribution < -0.4 is 10.1 Å². The van der Waals surface area contributed by atoms with Gasteiger partial charge in [0.15, 0.2) is 0 Å². The molecule has 34 heavy (non-hydrogen) atoms. The molecular formula is C26H30N4O3S. The highest BCUT2D eigenvalue weighted by atomic mass is 32.2. The predicted octanol–water partition coefficient (Wildman–Crippen LogP) is 5.52. The third-order valence-electron chi connectivity index (χ3n) is 5.49. The van der Waals surface area contributed by atoms with Crippen molar-refractivity contribution >= 4 is 23.7 Å². The molecule has 0 bridgehead atoms. The molecule has 1 aromatic heterocycles. The number of allylic oxidation sites excluding steroid dienone is 1. The number of ether oxygens (including phenoxy) is 2. The number of anilines is 1. The lowest BCUT2D eigenvalue weighted by atomic mass is 9.96. The SMILES string of the molecule is CCCSc1nc2n(n1)C(c1ccc(OCc3ccc(C)cc3)cc1)C(C(=O)OCC)=C(C)N2. The molecule has 0 fully saturated rings. The van der Waals surface area contributed by atoms with E-state index in [0.717, 1.165) is 34.7 Å². The summed E-state index contributed by atoms with van der Waals surface area (Å²) in [4.78, 5) is 17.6. The molecule has 2 heterocycles. The van der Waals surface area contributed by atoms with Gasteiger partial charge in [0.2, 0.25) is 11.1 Å². The number of carbonyl (C=O) groups is 1. The number of fused-ring (bicyclic) bond motifs is 1. The topological polar surface area (TPSA) is 78.3 Å². The monoisotopic (exact) mass is 478 g/mol. The summed E-state index contributed by atoms with van der Waals surface area (Å²) < 4.78 is 13.1. The van der Waals surface area contributed by atoms with Gasteiger partial charge in [-0.25, -0.2) is 9.48 Å². The maximum Gasteiger partial charge on any atom is 0.338 e. The van der Waals surface area contributed by atoms with Gasteiger partial charge < -0.3 is 14.8 Å². The number of thioether (sulfide) groups is 1. The van der Waals surface area contributed by atoms with Gasteiger partial charge in [0.1, 0.15) is 18.4 Å². The quantitative estimate of drug-likeness (QED) is 0.320. The van der Waals surface area contributed by atoms with Crippen LogP contribution in [0.5, 0.6) is 5.75 Å². The van der Waals surface area contributed by atoms with Gasteiger partial charge >= 0.3 is 5.97 Å². The summed E-state index contributed by atoms with van der Waals surface area (Å²) in [7, 11) is 0. The van der Waals surface area contributed by atoms with Gasteiger partial charge in [-0.2, -0.15) is 4.98 Å². The molecule has 1 atom stereocenters. The van der Waals surface area contributed by atoms with Crippen LogP contribution in [0.2, 0.25) is 0 Å². The number of rotatable bonds is 9. The molecule has 0 amide bonds. The Morgan fingerprint density at radius 3 is 2.50 bits per heavy atom. The normalized spacial score (nSPS) is 15.0. The molecule has 8 heteroatoms. The maximum absolute atomic E-state index is 12.9. The number of hydrogen-bond acceptors (Lipinski definition) is 7. The molecule has 3 aromatic rings. The second kappa shape index (κ2) is 10.8. The van der Waals surface area contributed by atoms with Crippen molar-refractivity contribution in [3.63, 3.8) is 0 Å². The summed E-state index contributed by atoms with van der Waals surface area (Å²) in [5, 5.41) is 8.63. The van der Waals surface area contributed by atoms with Crippen molar-refractivity contribution in [1.29, 1.82) is 0 Å². The summed E-state index contributed by atoms with van der Waals surface area (Å²) >= 11 is 1.60. The summed E-state index contributed by atoms with van der Waals surface area (Å²) in [6.07, 6.45) is 1.03. The Hall–Kier alpha value is -3.26. The molecule has 0 saturated heterocycles. The first-order valence-corrected chi connectivity index (χ1v) is 12.5. The van der Waals surface area contributed by atoms with Crippen LogP contribution in [0.4, 0.5) is 5.95 Å². The molecule has 0 spiro atoms. The van der Waals surface area contributed by atoms with E-state index in [1.165, 1.54) is 5.56 Å². The number of benzene rings is 2. The Bertz CT molecular complexity index is 1170. The Morgan fingerprint density at radius 2 is 1.82 bits per heavy atom. The van der Waals surface area contributed by atoms with E-state index < -0.39 is 6.04 Å². The van der Waals surface area contributed by atoms with Gasteiger partial charge in [-0.1, -0.05) is 60.6 Å². The first-order chi connectivity index (χ1) is 16.5. The molecular weight excluding hydrogens is 448 g/mol. The Kier molecular flexibility index (Phi) is 7.57. The Labute approximate surface area is 204 Å². The molecule has 4 rings (SSSR count). The van der Waals surface area contributed by atoms with Crippen molar-refractivity contribution in [2.45, 2.75) is 51.9 Å². The smallest absolute Gasteiger partial charge is 0.338 e. The van der Waals surface area contributed by atoms with E-state index in [1.54, 1.807) is 23.4 Å². The first kappa shape index (κ1) is 23.9. The van der Waals surface area contributed by atoms with Crippen LogP contribution >= 0.6 is 11.8 Å². The van der Waals surface area contributed by atoms with Gasteiger partial charge in [-0.05, 0) is 50.5 Å². The summed E-state index contributed by atoms with van der Waals surface area (Å²) in [5.74, 6) is 1.95. The van der Waals surface area contributed by atoms with Crippen molar-refractivity contribution in [3.8, 4) is 5.75 Å². The van der Waals surface area contributed by atoms with Crippen molar-refractivity contribution in [3.05, 3.63) is 76.5 Å². The third kappa shape index (κ3) is 5.28. The molecule has 1 aliphatic heterocycles. The van der Waals surface area contributed by atoms with Gasteiger partial charge in [0.25, 0.3) is 0 Å². The molecule has 0 saturated carbocycles. The zero-order valence-corrected chi connectivity index (χ0v) is 20.8. The number of nitrogens with one attached hydrogen (secondary N) is 1. The lowest BCUT2D eigenvalue weighted by molar-refractivity contribution is -0.139. The van der Waals surface area contributed by atoms with Gasteiger partial charge in [-0.3, -0.25) is 0 Å². The highest BCUT2D eigenvalue weighted by Gasteiger charge is 2.35. The van der Waals surface area contributed by atoms with E-state index in [2.05, 4.69) is 48.4 Å². The van der Waals surface area contributed by atoms with Crippen LogP contribution in [0.25, 0.3) is 0 Å². The van der Waals surface area contributed by atoms with Crippen molar-refractivity contribution in [1.82, 2.24) is 14.8 Å². The number of esters is 1. The average molecular weight is 479 g/mol. The summed E-state index contributed by atoms with van der Waals surface area (Å²) in [5.41, 5.74) is 4.49. The number of carbonyl (C=O) groups excluding carboxylic acids is 1. The summed E-state index contributed by atoms with van der Waals surface area (Å²) in [6.45, 7) is 8.66. The van der Waals surface area contributed by atoms with Crippen molar-refractivity contribution < 1.29 is 14.3 Å². The van der Waals surface area contributed by atoms with E-state index in [4.69, 9.17) is 14.6 Å². The maximum atomic E-state index is 12.9. The summed E-state index contributed by atoms with van der Waals surface area (Å²) in [6, 6.07) is 15.6. The zero-order valence-electron chi connectivity index (χ0n) is 20.0. The molecule has 1 aliphatic rings. The van der Waals surface area contributed by atoms with Crippen LogP contribution in [0.1, 0.15) is 49.9 Å². The molecule has 178 valence electrons. The fraction of sp³-hybridized carbons (Fsp3) is 0.346. The predicted molar refractivity (Wildman–Crippen MR) is 134 cm³/mol. The minimum Gasteiger partial charge on any atom is -0.489 e. The van der Waals surface area contributed by atoms with Crippen LogP contribution in [-0.2, 0) is 16.1 Å². The zero-order chi connectivity index (χ0) is 24.1. The standard InChI is InChI=1S/C26H30N4O3S/c1-5-15-34-26-28-25-27-18(4)22(24(31)32-6-2)23(30(25)29-26)20-11-13-21(14-12-20)33-16-19-9-7-17(3)8-10-19/h7-14,23H,5-6,15-16H2,1-4H3,(H,27,28,29). The number of aromatic nitrogens is 3. The largest absolute Gasteiger partial charge is 0.489 e. The van der Waals surface area contributed by atoms with E-state index >= 15 is 0 Å². The molecule has 2 aromatic carbocycles. The Morgan fingerprint density at radius 1 is 1.09 bits per heavy atom. The van der Waals surface area contributed by atoms with Crippen LogP contribution in [0.15, 0.2) is 65.0 Å². The van der Waals surface area contributed by atoms with Gasteiger partial charge in [0.05, 0.1) is 12.2 Å². The number of hydrogen-bond donors (Lipinski definition) is 1. The lowest BCUT2D eigenvalue weighted by Gasteiger charge is -2.28. The van der Waals surface area contributed by atoms with Crippen molar-refractivity contribution in [2.24, 2.45) is 0 Å². The fourth-order valence-electron chi connectivity index (χ4n) is 3.76. The highest BCUT2D eigenvalue weighted by Crippen LogP contribution is 2.37. The highest BCUT2D eigenvalue weighted by molar-refractivity contribution is 7.99. The number of aryl methyl sites for hydroxylation is 1. The molecule has 1 N–H and O–H groups in total. The molecule has 0 radical (unpaired) electrons. The molecule has 1 unspecified atom stereocenters. The van der Waals surface area contributed by atoms with E-state index in [9.17, 15) is 4.79 Å². The van der Waals surface area contributed by atoms with Gasteiger partial charge in [0, 0.05) is 11.4 Å².